The van der Waals surface area contributed by atoms with Gasteiger partial charge in [0.25, 0.3) is 5.91 Å². The third kappa shape index (κ3) is 5.62. The maximum atomic E-state index is 13.3. The smallest absolute Gasteiger partial charge is 0.257 e. The van der Waals surface area contributed by atoms with Gasteiger partial charge in [-0.3, -0.25) is 4.79 Å². The van der Waals surface area contributed by atoms with E-state index in [2.05, 4.69) is 21.8 Å². The van der Waals surface area contributed by atoms with Gasteiger partial charge in [0, 0.05) is 17.6 Å². The van der Waals surface area contributed by atoms with Gasteiger partial charge in [-0.1, -0.05) is 36.4 Å². The van der Waals surface area contributed by atoms with Crippen molar-refractivity contribution in [3.63, 3.8) is 0 Å². The van der Waals surface area contributed by atoms with Crippen LogP contribution in [0, 0.1) is 18.3 Å². The van der Waals surface area contributed by atoms with Crippen LogP contribution in [0.15, 0.2) is 122 Å². The predicted octanol–water partition coefficient (Wildman–Crippen LogP) is 8.09. The van der Waals surface area contributed by atoms with Crippen LogP contribution in [0.5, 0.6) is 23.0 Å². The summed E-state index contributed by atoms with van der Waals surface area (Å²) in [7, 11) is 0. The molecule has 4 aromatic carbocycles. The standard InChI is InChI=1S/C34H25N5O3/c1-23-31(34(40)38-26-14-18-30(19-15-26)42-28-10-6-3-7-11-28)22-39-33(23)32(24(20-35)21-36-39)37-25-12-16-29(17-13-25)41-27-8-4-2-5-9-27/h2-19,21-22,37H,1H3,(H,38,40). The van der Waals surface area contributed by atoms with Crippen LogP contribution in [0.1, 0.15) is 21.5 Å². The molecule has 1 amide bonds. The first-order valence-electron chi connectivity index (χ1n) is 13.2. The molecule has 0 saturated heterocycles. The number of carbonyl (C=O) groups excluding carboxylic acids is 1. The molecule has 0 spiro atoms. The summed E-state index contributed by atoms with van der Waals surface area (Å²) in [5, 5.41) is 20.5. The number of nitrogens with one attached hydrogen (secondary N) is 2. The molecule has 0 saturated carbocycles. The molecule has 8 heteroatoms. The lowest BCUT2D eigenvalue weighted by Crippen LogP contribution is -2.12. The Morgan fingerprint density at radius 1 is 0.762 bits per heavy atom. The van der Waals surface area contributed by atoms with Crippen LogP contribution >= 0.6 is 0 Å². The number of hydrogen-bond donors (Lipinski definition) is 2. The lowest BCUT2D eigenvalue weighted by atomic mass is 10.1. The number of aryl methyl sites for hydroxylation is 1. The molecular weight excluding hydrogens is 526 g/mol. The summed E-state index contributed by atoms with van der Waals surface area (Å²) >= 11 is 0. The molecule has 0 aliphatic rings. The van der Waals surface area contributed by atoms with Crippen molar-refractivity contribution in [1.29, 1.82) is 5.26 Å². The molecule has 0 fully saturated rings. The van der Waals surface area contributed by atoms with E-state index in [4.69, 9.17) is 9.47 Å². The van der Waals surface area contributed by atoms with Crippen LogP contribution in [-0.4, -0.2) is 15.5 Å². The zero-order chi connectivity index (χ0) is 28.9. The molecule has 0 aliphatic heterocycles. The Kier molecular flexibility index (Phi) is 7.21. The SMILES string of the molecule is Cc1c(C(=O)Nc2ccc(Oc3ccccc3)cc2)cn2ncc(C#N)c(Nc3ccc(Oc4ccccc4)cc3)c12. The molecule has 2 heterocycles. The minimum Gasteiger partial charge on any atom is -0.457 e. The third-order valence-electron chi connectivity index (χ3n) is 6.62. The van der Waals surface area contributed by atoms with Gasteiger partial charge in [0.2, 0.25) is 0 Å². The third-order valence-corrected chi connectivity index (χ3v) is 6.62. The fraction of sp³-hybridized carbons (Fsp3) is 0.0294. The number of amides is 1. The van der Waals surface area contributed by atoms with Crippen LogP contribution in [0.4, 0.5) is 17.1 Å². The van der Waals surface area contributed by atoms with Gasteiger partial charge in [-0.05, 0) is 85.3 Å². The van der Waals surface area contributed by atoms with Gasteiger partial charge in [0.15, 0.2) is 0 Å². The molecule has 42 heavy (non-hydrogen) atoms. The van der Waals surface area contributed by atoms with E-state index in [1.807, 2.05) is 91.9 Å². The summed E-state index contributed by atoms with van der Waals surface area (Å²) in [5.74, 6) is 2.53. The zero-order valence-corrected chi connectivity index (χ0v) is 22.6. The van der Waals surface area contributed by atoms with Crippen LogP contribution in [0.3, 0.4) is 0 Å². The highest BCUT2D eigenvalue weighted by Crippen LogP contribution is 2.32. The second-order valence-electron chi connectivity index (χ2n) is 9.46. The summed E-state index contributed by atoms with van der Waals surface area (Å²) in [6, 6.07) is 35.8. The Morgan fingerprint density at radius 2 is 1.29 bits per heavy atom. The van der Waals surface area contributed by atoms with Crippen LogP contribution in [0.25, 0.3) is 5.52 Å². The van der Waals surface area contributed by atoms with Gasteiger partial charge in [0.1, 0.15) is 29.1 Å². The van der Waals surface area contributed by atoms with Gasteiger partial charge in [-0.15, -0.1) is 0 Å². The van der Waals surface area contributed by atoms with E-state index in [0.29, 0.717) is 45.1 Å². The Labute approximate surface area is 242 Å². The van der Waals surface area contributed by atoms with Gasteiger partial charge in [-0.25, -0.2) is 4.52 Å². The number of anilines is 3. The summed E-state index contributed by atoms with van der Waals surface area (Å²) in [6.07, 6.45) is 3.14. The first-order valence-corrected chi connectivity index (χ1v) is 13.2. The Hall–Kier alpha value is -6.07. The van der Waals surface area contributed by atoms with Gasteiger partial charge >= 0.3 is 0 Å². The first-order chi connectivity index (χ1) is 20.6. The number of para-hydroxylation sites is 2. The van der Waals surface area contributed by atoms with E-state index in [1.165, 1.54) is 6.20 Å². The number of fused-ring (bicyclic) bond motifs is 1. The molecule has 0 bridgehead atoms. The molecule has 204 valence electrons. The number of rotatable bonds is 8. The summed E-state index contributed by atoms with van der Waals surface area (Å²) in [6.45, 7) is 1.84. The number of hydrogen-bond acceptors (Lipinski definition) is 6. The highest BCUT2D eigenvalue weighted by atomic mass is 16.5. The molecule has 0 aliphatic carbocycles. The predicted molar refractivity (Wildman–Crippen MR) is 162 cm³/mol. The molecule has 2 aromatic heterocycles. The van der Waals surface area contributed by atoms with Crippen molar-refractivity contribution in [3.05, 3.63) is 138 Å². The average molecular weight is 552 g/mol. The molecular formula is C34H25N5O3. The van der Waals surface area contributed by atoms with Crippen molar-refractivity contribution in [2.24, 2.45) is 0 Å². The fourth-order valence-corrected chi connectivity index (χ4v) is 4.53. The molecule has 0 radical (unpaired) electrons. The molecule has 0 atom stereocenters. The van der Waals surface area contributed by atoms with E-state index in [9.17, 15) is 10.1 Å². The largest absolute Gasteiger partial charge is 0.457 e. The normalized spacial score (nSPS) is 10.6. The lowest BCUT2D eigenvalue weighted by molar-refractivity contribution is 0.102. The number of nitrogens with zero attached hydrogens (tertiary/aromatic N) is 3. The Morgan fingerprint density at radius 3 is 1.83 bits per heavy atom. The topological polar surface area (TPSA) is 101 Å². The average Bonchev–Trinajstić information content (AvgIpc) is 3.37. The maximum absolute atomic E-state index is 13.3. The van der Waals surface area contributed by atoms with Gasteiger partial charge < -0.3 is 20.1 Å². The van der Waals surface area contributed by atoms with Crippen LogP contribution < -0.4 is 20.1 Å². The van der Waals surface area contributed by atoms with Crippen molar-refractivity contribution >= 4 is 28.5 Å². The highest BCUT2D eigenvalue weighted by Gasteiger charge is 2.20. The van der Waals surface area contributed by atoms with E-state index in [1.54, 1.807) is 35.0 Å². The fourth-order valence-electron chi connectivity index (χ4n) is 4.53. The Balaban J connectivity index is 1.22. The quantitative estimate of drug-likeness (QED) is 0.198. The number of carbonyl (C=O) groups is 1. The number of ether oxygens (including phenoxy) is 2. The highest BCUT2D eigenvalue weighted by molar-refractivity contribution is 6.07. The Bertz CT molecular complexity index is 1890. The van der Waals surface area contributed by atoms with E-state index in [0.717, 1.165) is 17.2 Å². The molecule has 6 aromatic rings. The molecule has 2 N–H and O–H groups in total. The molecule has 0 unspecified atom stereocenters. The lowest BCUT2D eigenvalue weighted by Gasteiger charge is -2.12. The summed E-state index contributed by atoms with van der Waals surface area (Å²) in [5.41, 5.74) is 4.05. The van der Waals surface area contributed by atoms with Crippen molar-refractivity contribution in [2.75, 3.05) is 10.6 Å². The van der Waals surface area contributed by atoms with Gasteiger partial charge in [-0.2, -0.15) is 10.4 Å². The summed E-state index contributed by atoms with van der Waals surface area (Å²) in [4.78, 5) is 13.3. The molecule has 8 nitrogen and oxygen atoms in total. The van der Waals surface area contributed by atoms with Crippen molar-refractivity contribution in [1.82, 2.24) is 9.61 Å². The second kappa shape index (κ2) is 11.6. The van der Waals surface area contributed by atoms with Crippen molar-refractivity contribution in [2.45, 2.75) is 6.92 Å². The minimum absolute atomic E-state index is 0.290. The van der Waals surface area contributed by atoms with E-state index in [-0.39, 0.29) is 5.91 Å². The van der Waals surface area contributed by atoms with Crippen molar-refractivity contribution < 1.29 is 14.3 Å². The van der Waals surface area contributed by atoms with Crippen molar-refractivity contribution in [3.8, 4) is 29.1 Å². The van der Waals surface area contributed by atoms with E-state index < -0.39 is 0 Å². The number of benzene rings is 4. The van der Waals surface area contributed by atoms with Crippen LogP contribution in [-0.2, 0) is 0 Å². The monoisotopic (exact) mass is 551 g/mol. The molecule has 6 rings (SSSR count). The second-order valence-corrected chi connectivity index (χ2v) is 9.46. The summed E-state index contributed by atoms with van der Waals surface area (Å²) < 4.78 is 13.3. The van der Waals surface area contributed by atoms with Gasteiger partial charge in [0.05, 0.1) is 28.5 Å². The minimum atomic E-state index is -0.290. The van der Waals surface area contributed by atoms with E-state index >= 15 is 0 Å². The number of aromatic nitrogens is 2. The zero-order valence-electron chi connectivity index (χ0n) is 22.6. The first kappa shape index (κ1) is 26.2. The maximum Gasteiger partial charge on any atom is 0.257 e. The van der Waals surface area contributed by atoms with Crippen LogP contribution in [0.2, 0.25) is 0 Å². The number of nitriles is 1.